The van der Waals surface area contributed by atoms with Gasteiger partial charge in [0.1, 0.15) is 5.75 Å². The maximum Gasteiger partial charge on any atom is 0.256 e. The number of anilines is 1. The molecule has 20 heavy (non-hydrogen) atoms. The lowest BCUT2D eigenvalue weighted by Crippen LogP contribution is -2.03. The minimum Gasteiger partial charge on any atom is -0.497 e. The van der Waals surface area contributed by atoms with E-state index in [1.54, 1.807) is 7.11 Å². The molecule has 1 amide bonds. The molecule has 1 heterocycles. The Morgan fingerprint density at radius 3 is 2.70 bits per heavy atom. The largest absolute Gasteiger partial charge is 0.497 e. The number of nitrogens with one attached hydrogen (secondary N) is 1. The lowest BCUT2D eigenvalue weighted by Gasteiger charge is -2.04. The SMILES string of the molecule is COc1ccc2c(c1)/C(=C\c1ccccc1C)C(=O)N2. The summed E-state index contributed by atoms with van der Waals surface area (Å²) < 4.78 is 5.23. The predicted octanol–water partition coefficient (Wildman–Crippen LogP) is 3.50. The summed E-state index contributed by atoms with van der Waals surface area (Å²) in [6.45, 7) is 2.03. The van der Waals surface area contributed by atoms with E-state index in [0.29, 0.717) is 5.57 Å². The number of hydrogen-bond acceptors (Lipinski definition) is 2. The van der Waals surface area contributed by atoms with Crippen LogP contribution in [-0.4, -0.2) is 13.0 Å². The summed E-state index contributed by atoms with van der Waals surface area (Å²) in [5.74, 6) is 0.674. The molecule has 0 aromatic heterocycles. The van der Waals surface area contributed by atoms with Crippen LogP contribution in [0.5, 0.6) is 5.75 Å². The first-order chi connectivity index (χ1) is 9.69. The van der Waals surface area contributed by atoms with Crippen LogP contribution in [0.2, 0.25) is 0 Å². The van der Waals surface area contributed by atoms with E-state index in [9.17, 15) is 4.79 Å². The first-order valence-electron chi connectivity index (χ1n) is 6.46. The van der Waals surface area contributed by atoms with E-state index < -0.39 is 0 Å². The zero-order valence-corrected chi connectivity index (χ0v) is 11.4. The third kappa shape index (κ3) is 2.07. The van der Waals surface area contributed by atoms with Gasteiger partial charge in [-0.15, -0.1) is 0 Å². The molecular weight excluding hydrogens is 250 g/mol. The van der Waals surface area contributed by atoms with Gasteiger partial charge in [0, 0.05) is 16.8 Å². The Kier molecular flexibility index (Phi) is 3.03. The standard InChI is InChI=1S/C17H15NO2/c1-11-5-3-4-6-12(11)9-15-14-10-13(20-2)7-8-16(14)18-17(15)19/h3-10H,1-2H3,(H,18,19)/b15-9+. The Morgan fingerprint density at radius 1 is 1.15 bits per heavy atom. The van der Waals surface area contributed by atoms with Crippen LogP contribution in [0.15, 0.2) is 42.5 Å². The molecule has 100 valence electrons. The van der Waals surface area contributed by atoms with Gasteiger partial charge < -0.3 is 10.1 Å². The van der Waals surface area contributed by atoms with Gasteiger partial charge in [-0.25, -0.2) is 0 Å². The van der Waals surface area contributed by atoms with E-state index in [0.717, 1.165) is 28.1 Å². The van der Waals surface area contributed by atoms with E-state index in [1.807, 2.05) is 55.5 Å². The summed E-state index contributed by atoms with van der Waals surface area (Å²) in [6.07, 6.45) is 1.93. The maximum atomic E-state index is 12.1. The molecule has 2 aromatic rings. The molecule has 1 aliphatic rings. The normalized spacial score (nSPS) is 15.1. The quantitative estimate of drug-likeness (QED) is 0.844. The lowest BCUT2D eigenvalue weighted by molar-refractivity contribution is -0.110. The second kappa shape index (κ2) is 4.85. The number of rotatable bonds is 2. The van der Waals surface area contributed by atoms with Crippen molar-refractivity contribution in [2.75, 3.05) is 12.4 Å². The summed E-state index contributed by atoms with van der Waals surface area (Å²) in [5.41, 5.74) is 4.58. The summed E-state index contributed by atoms with van der Waals surface area (Å²) in [7, 11) is 1.62. The minimum absolute atomic E-state index is 0.0727. The van der Waals surface area contributed by atoms with Crippen LogP contribution in [0, 0.1) is 6.92 Å². The molecule has 0 radical (unpaired) electrons. The Morgan fingerprint density at radius 2 is 1.95 bits per heavy atom. The average Bonchev–Trinajstić information content (AvgIpc) is 2.77. The molecule has 0 aliphatic carbocycles. The third-order valence-electron chi connectivity index (χ3n) is 3.50. The van der Waals surface area contributed by atoms with Crippen molar-refractivity contribution < 1.29 is 9.53 Å². The van der Waals surface area contributed by atoms with Gasteiger partial charge in [0.2, 0.25) is 0 Å². The van der Waals surface area contributed by atoms with Gasteiger partial charge in [-0.1, -0.05) is 24.3 Å². The highest BCUT2D eigenvalue weighted by atomic mass is 16.5. The van der Waals surface area contributed by atoms with Gasteiger partial charge in [0.25, 0.3) is 5.91 Å². The molecule has 2 aromatic carbocycles. The van der Waals surface area contributed by atoms with E-state index in [1.165, 1.54) is 0 Å². The molecule has 3 heteroatoms. The monoisotopic (exact) mass is 265 g/mol. The molecule has 0 saturated carbocycles. The molecule has 0 unspecified atom stereocenters. The minimum atomic E-state index is -0.0727. The highest BCUT2D eigenvalue weighted by Crippen LogP contribution is 2.35. The molecule has 1 N–H and O–H groups in total. The first kappa shape index (κ1) is 12.5. The van der Waals surface area contributed by atoms with Gasteiger partial charge in [0.05, 0.1) is 7.11 Å². The Hall–Kier alpha value is -2.55. The maximum absolute atomic E-state index is 12.1. The van der Waals surface area contributed by atoms with Crippen molar-refractivity contribution in [3.05, 3.63) is 59.2 Å². The van der Waals surface area contributed by atoms with Gasteiger partial charge in [-0.3, -0.25) is 4.79 Å². The van der Waals surface area contributed by atoms with Crippen molar-refractivity contribution >= 4 is 23.2 Å². The molecule has 0 saturated heterocycles. The highest BCUT2D eigenvalue weighted by molar-refractivity contribution is 6.35. The summed E-state index contributed by atoms with van der Waals surface area (Å²) in [5, 5.41) is 2.88. The first-order valence-corrected chi connectivity index (χ1v) is 6.46. The lowest BCUT2D eigenvalue weighted by atomic mass is 10.0. The van der Waals surface area contributed by atoms with Crippen molar-refractivity contribution in [1.82, 2.24) is 0 Å². The van der Waals surface area contributed by atoms with Crippen molar-refractivity contribution in [2.45, 2.75) is 6.92 Å². The Labute approximate surface area is 117 Å². The number of carbonyl (C=O) groups is 1. The highest BCUT2D eigenvalue weighted by Gasteiger charge is 2.24. The number of amides is 1. The average molecular weight is 265 g/mol. The fraction of sp³-hybridized carbons (Fsp3) is 0.118. The Balaban J connectivity index is 2.12. The van der Waals surface area contributed by atoms with Crippen LogP contribution in [0.3, 0.4) is 0 Å². The zero-order chi connectivity index (χ0) is 14.1. The number of carbonyl (C=O) groups excluding carboxylic acids is 1. The van der Waals surface area contributed by atoms with Crippen LogP contribution in [0.25, 0.3) is 11.6 Å². The number of ether oxygens (including phenoxy) is 1. The number of methoxy groups -OCH3 is 1. The van der Waals surface area contributed by atoms with Crippen molar-refractivity contribution in [3.8, 4) is 5.75 Å². The molecule has 3 nitrogen and oxygen atoms in total. The molecule has 0 atom stereocenters. The van der Waals surface area contributed by atoms with Crippen LogP contribution < -0.4 is 10.1 Å². The van der Waals surface area contributed by atoms with E-state index in [2.05, 4.69) is 5.32 Å². The van der Waals surface area contributed by atoms with Gasteiger partial charge in [-0.2, -0.15) is 0 Å². The van der Waals surface area contributed by atoms with Gasteiger partial charge in [0.15, 0.2) is 0 Å². The molecule has 3 rings (SSSR count). The molecule has 1 aliphatic heterocycles. The second-order valence-electron chi connectivity index (χ2n) is 4.78. The number of fused-ring (bicyclic) bond motifs is 1. The third-order valence-corrected chi connectivity index (χ3v) is 3.50. The summed E-state index contributed by atoms with van der Waals surface area (Å²) in [6, 6.07) is 13.6. The number of benzene rings is 2. The summed E-state index contributed by atoms with van der Waals surface area (Å²) >= 11 is 0. The number of hydrogen-bond donors (Lipinski definition) is 1. The molecular formula is C17H15NO2. The van der Waals surface area contributed by atoms with Crippen LogP contribution in [0.4, 0.5) is 5.69 Å². The summed E-state index contributed by atoms with van der Waals surface area (Å²) in [4.78, 5) is 12.1. The van der Waals surface area contributed by atoms with Crippen molar-refractivity contribution in [1.29, 1.82) is 0 Å². The molecule has 0 fully saturated rings. The van der Waals surface area contributed by atoms with Gasteiger partial charge in [-0.05, 0) is 42.3 Å². The predicted molar refractivity (Wildman–Crippen MR) is 80.7 cm³/mol. The van der Waals surface area contributed by atoms with Crippen LogP contribution in [0.1, 0.15) is 16.7 Å². The number of aryl methyl sites for hydroxylation is 1. The molecule has 0 bridgehead atoms. The van der Waals surface area contributed by atoms with E-state index >= 15 is 0 Å². The second-order valence-corrected chi connectivity index (χ2v) is 4.78. The van der Waals surface area contributed by atoms with E-state index in [4.69, 9.17) is 4.74 Å². The van der Waals surface area contributed by atoms with Crippen LogP contribution in [-0.2, 0) is 4.79 Å². The van der Waals surface area contributed by atoms with Crippen molar-refractivity contribution in [2.24, 2.45) is 0 Å². The fourth-order valence-electron chi connectivity index (χ4n) is 2.34. The zero-order valence-electron chi connectivity index (χ0n) is 11.4. The fourth-order valence-corrected chi connectivity index (χ4v) is 2.34. The smallest absolute Gasteiger partial charge is 0.256 e. The topological polar surface area (TPSA) is 38.3 Å². The van der Waals surface area contributed by atoms with Crippen molar-refractivity contribution in [3.63, 3.8) is 0 Å². The van der Waals surface area contributed by atoms with Gasteiger partial charge >= 0.3 is 0 Å². The molecule has 0 spiro atoms. The van der Waals surface area contributed by atoms with E-state index in [-0.39, 0.29) is 5.91 Å². The Bertz CT molecular complexity index is 717. The van der Waals surface area contributed by atoms with Crippen LogP contribution >= 0.6 is 0 Å².